The first-order valence-corrected chi connectivity index (χ1v) is 7.04. The summed E-state index contributed by atoms with van der Waals surface area (Å²) in [7, 11) is 0. The lowest BCUT2D eigenvalue weighted by Crippen LogP contribution is -2.24. The van der Waals surface area contributed by atoms with E-state index in [9.17, 15) is 4.79 Å². The van der Waals surface area contributed by atoms with Crippen LogP contribution in [0.3, 0.4) is 0 Å². The molecule has 2 heteroatoms. The topological polar surface area (TPSA) is 17.1 Å². The number of carbonyl (C=O) groups is 1. The highest BCUT2D eigenvalue weighted by atomic mass is 32.2. The monoisotopic (exact) mass is 228 g/mol. The van der Waals surface area contributed by atoms with Crippen LogP contribution in [0.15, 0.2) is 0 Å². The zero-order valence-electron chi connectivity index (χ0n) is 10.5. The molecule has 0 saturated heterocycles. The highest BCUT2D eigenvalue weighted by Crippen LogP contribution is 2.31. The molecule has 1 saturated carbocycles. The van der Waals surface area contributed by atoms with Crippen LogP contribution in [-0.4, -0.2) is 16.3 Å². The predicted octanol–water partition coefficient (Wildman–Crippen LogP) is 3.91. The van der Waals surface area contributed by atoms with E-state index in [1.165, 1.54) is 12.8 Å². The molecule has 0 amide bonds. The van der Waals surface area contributed by atoms with Crippen LogP contribution < -0.4 is 0 Å². The normalized spacial score (nSPS) is 27.7. The summed E-state index contributed by atoms with van der Waals surface area (Å²) in [4.78, 5) is 12.0. The Morgan fingerprint density at radius 1 is 1.33 bits per heavy atom. The van der Waals surface area contributed by atoms with Crippen molar-refractivity contribution in [2.24, 2.45) is 11.8 Å². The maximum atomic E-state index is 12.0. The first-order valence-electron chi connectivity index (χ1n) is 6.05. The number of hydrogen-bond donors (Lipinski definition) is 0. The number of carbonyl (C=O) groups excluding carboxylic acids is 1. The fourth-order valence-electron chi connectivity index (χ4n) is 2.13. The van der Waals surface area contributed by atoms with Gasteiger partial charge in [0.25, 0.3) is 0 Å². The number of rotatable bonds is 3. The molecule has 0 N–H and O–H groups in total. The summed E-state index contributed by atoms with van der Waals surface area (Å²) < 4.78 is 0.218. The largest absolute Gasteiger partial charge is 0.298 e. The van der Waals surface area contributed by atoms with E-state index in [-0.39, 0.29) is 4.75 Å². The molecule has 0 aliphatic heterocycles. The first kappa shape index (κ1) is 13.1. The number of Topliss-reactive ketones (excluding diaryl/α,β-unsaturated/α-hetero) is 1. The molecule has 0 bridgehead atoms. The van der Waals surface area contributed by atoms with Gasteiger partial charge in [-0.2, -0.15) is 0 Å². The van der Waals surface area contributed by atoms with Crippen LogP contribution in [0.25, 0.3) is 0 Å². The van der Waals surface area contributed by atoms with E-state index in [1.807, 2.05) is 0 Å². The third-order valence-electron chi connectivity index (χ3n) is 3.04. The Morgan fingerprint density at radius 3 is 2.53 bits per heavy atom. The van der Waals surface area contributed by atoms with Crippen molar-refractivity contribution in [1.29, 1.82) is 0 Å². The Balaban J connectivity index is 2.33. The standard InChI is InChI=1S/C13H24OS/c1-10-6-5-7-11(8-10)12(14)9-15-13(2,3)4/h10-11H,5-9H2,1-4H3. The lowest BCUT2D eigenvalue weighted by Gasteiger charge is -2.26. The minimum absolute atomic E-state index is 0.218. The Hall–Kier alpha value is 0.0200. The second-order valence-corrected chi connectivity index (χ2v) is 7.64. The molecule has 0 radical (unpaired) electrons. The molecule has 2 atom stereocenters. The fourth-order valence-corrected chi connectivity index (χ4v) is 2.94. The van der Waals surface area contributed by atoms with Crippen LogP contribution in [0.2, 0.25) is 0 Å². The van der Waals surface area contributed by atoms with E-state index in [4.69, 9.17) is 0 Å². The fraction of sp³-hybridized carbons (Fsp3) is 0.923. The first-order chi connectivity index (χ1) is 6.88. The maximum Gasteiger partial charge on any atom is 0.145 e. The molecule has 2 unspecified atom stereocenters. The van der Waals surface area contributed by atoms with Crippen molar-refractivity contribution in [2.75, 3.05) is 5.75 Å². The molecule has 0 aromatic carbocycles. The van der Waals surface area contributed by atoms with Gasteiger partial charge >= 0.3 is 0 Å². The third kappa shape index (κ3) is 5.05. The Morgan fingerprint density at radius 2 is 2.00 bits per heavy atom. The van der Waals surface area contributed by atoms with Gasteiger partial charge in [0.05, 0.1) is 5.75 Å². The summed E-state index contributed by atoms with van der Waals surface area (Å²) in [6.07, 6.45) is 4.82. The summed E-state index contributed by atoms with van der Waals surface area (Å²) in [5.74, 6) is 2.32. The van der Waals surface area contributed by atoms with Gasteiger partial charge in [0, 0.05) is 10.7 Å². The van der Waals surface area contributed by atoms with Crippen LogP contribution in [0.4, 0.5) is 0 Å². The quantitative estimate of drug-likeness (QED) is 0.728. The van der Waals surface area contributed by atoms with Gasteiger partial charge in [-0.25, -0.2) is 0 Å². The SMILES string of the molecule is CC1CCCC(C(=O)CSC(C)(C)C)C1. The van der Waals surface area contributed by atoms with E-state index >= 15 is 0 Å². The number of ketones is 1. The molecule has 1 nitrogen and oxygen atoms in total. The number of thioether (sulfide) groups is 1. The molecule has 0 aromatic rings. The molecular formula is C13H24OS. The van der Waals surface area contributed by atoms with E-state index in [2.05, 4.69) is 27.7 Å². The van der Waals surface area contributed by atoms with Crippen molar-refractivity contribution in [3.63, 3.8) is 0 Å². The van der Waals surface area contributed by atoms with Crippen molar-refractivity contribution in [1.82, 2.24) is 0 Å². The lowest BCUT2D eigenvalue weighted by atomic mass is 9.81. The molecular weight excluding hydrogens is 204 g/mol. The predicted molar refractivity (Wildman–Crippen MR) is 68.3 cm³/mol. The average Bonchev–Trinajstić information content (AvgIpc) is 2.13. The van der Waals surface area contributed by atoms with Crippen LogP contribution >= 0.6 is 11.8 Å². The molecule has 0 heterocycles. The zero-order valence-corrected chi connectivity index (χ0v) is 11.3. The van der Waals surface area contributed by atoms with Gasteiger partial charge in [-0.1, -0.05) is 40.5 Å². The summed E-state index contributed by atoms with van der Waals surface area (Å²) in [5.41, 5.74) is 0. The van der Waals surface area contributed by atoms with Crippen molar-refractivity contribution >= 4 is 17.5 Å². The Bertz CT molecular complexity index is 217. The zero-order chi connectivity index (χ0) is 11.5. The van der Waals surface area contributed by atoms with Crippen molar-refractivity contribution in [2.45, 2.75) is 58.1 Å². The molecule has 1 fully saturated rings. The smallest absolute Gasteiger partial charge is 0.145 e. The van der Waals surface area contributed by atoms with E-state index < -0.39 is 0 Å². The highest BCUT2D eigenvalue weighted by Gasteiger charge is 2.25. The van der Waals surface area contributed by atoms with Gasteiger partial charge < -0.3 is 0 Å². The van der Waals surface area contributed by atoms with E-state index in [0.717, 1.165) is 18.8 Å². The van der Waals surface area contributed by atoms with Gasteiger partial charge in [-0.3, -0.25) is 4.79 Å². The molecule has 1 rings (SSSR count). The van der Waals surface area contributed by atoms with Crippen LogP contribution in [0, 0.1) is 11.8 Å². The molecule has 0 aromatic heterocycles. The van der Waals surface area contributed by atoms with Crippen molar-refractivity contribution in [3.8, 4) is 0 Å². The molecule has 1 aliphatic carbocycles. The van der Waals surface area contributed by atoms with Gasteiger partial charge in [-0.15, -0.1) is 11.8 Å². The summed E-state index contributed by atoms with van der Waals surface area (Å²) in [6, 6.07) is 0. The highest BCUT2D eigenvalue weighted by molar-refractivity contribution is 8.01. The number of hydrogen-bond acceptors (Lipinski definition) is 2. The minimum atomic E-state index is 0.218. The molecule has 88 valence electrons. The van der Waals surface area contributed by atoms with Crippen LogP contribution in [0.5, 0.6) is 0 Å². The van der Waals surface area contributed by atoms with Gasteiger partial charge in [0.1, 0.15) is 5.78 Å². The lowest BCUT2D eigenvalue weighted by molar-refractivity contribution is -0.121. The maximum absolute atomic E-state index is 12.0. The van der Waals surface area contributed by atoms with E-state index in [1.54, 1.807) is 11.8 Å². The minimum Gasteiger partial charge on any atom is -0.298 e. The molecule has 1 aliphatic rings. The second-order valence-electron chi connectivity index (χ2n) is 5.84. The van der Waals surface area contributed by atoms with Gasteiger partial charge in [0.2, 0.25) is 0 Å². The van der Waals surface area contributed by atoms with E-state index in [0.29, 0.717) is 17.5 Å². The van der Waals surface area contributed by atoms with Crippen LogP contribution in [0.1, 0.15) is 53.4 Å². The summed E-state index contributed by atoms with van der Waals surface area (Å²) in [5, 5.41) is 0. The summed E-state index contributed by atoms with van der Waals surface area (Å²) >= 11 is 1.79. The van der Waals surface area contributed by atoms with Crippen LogP contribution in [-0.2, 0) is 4.79 Å². The van der Waals surface area contributed by atoms with Gasteiger partial charge in [-0.05, 0) is 18.8 Å². The van der Waals surface area contributed by atoms with Gasteiger partial charge in [0.15, 0.2) is 0 Å². The Labute approximate surface area is 98.4 Å². The average molecular weight is 228 g/mol. The van der Waals surface area contributed by atoms with Crippen molar-refractivity contribution < 1.29 is 4.79 Å². The third-order valence-corrected chi connectivity index (χ3v) is 4.33. The Kier molecular flexibility index (Phi) is 4.69. The summed E-state index contributed by atoms with van der Waals surface area (Å²) in [6.45, 7) is 8.80. The van der Waals surface area contributed by atoms with Crippen molar-refractivity contribution in [3.05, 3.63) is 0 Å². The second kappa shape index (κ2) is 5.38. The molecule has 15 heavy (non-hydrogen) atoms. The molecule has 0 spiro atoms.